The van der Waals surface area contributed by atoms with Gasteiger partial charge in [-0.3, -0.25) is 4.90 Å². The van der Waals surface area contributed by atoms with Crippen molar-refractivity contribution in [1.82, 2.24) is 19.8 Å². The second-order valence-corrected chi connectivity index (χ2v) is 5.04. The van der Waals surface area contributed by atoms with Crippen molar-refractivity contribution in [2.75, 3.05) is 13.1 Å². The number of nitrogens with zero attached hydrogens (tertiary/aromatic N) is 3. The summed E-state index contributed by atoms with van der Waals surface area (Å²) < 4.78 is 2.28. The smallest absolute Gasteiger partial charge is 0.122 e. The van der Waals surface area contributed by atoms with Gasteiger partial charge in [-0.2, -0.15) is 0 Å². The van der Waals surface area contributed by atoms with Gasteiger partial charge in [-0.25, -0.2) is 4.98 Å². The summed E-state index contributed by atoms with van der Waals surface area (Å²) in [6.07, 6.45) is 6.58. The number of hydrogen-bond acceptors (Lipinski definition) is 3. The Morgan fingerprint density at radius 2 is 2.38 bits per heavy atom. The molecule has 16 heavy (non-hydrogen) atoms. The zero-order valence-corrected chi connectivity index (χ0v) is 9.89. The Bertz CT molecular complexity index is 360. The molecule has 0 aliphatic carbocycles. The third-order valence-electron chi connectivity index (χ3n) is 3.89. The van der Waals surface area contributed by atoms with E-state index in [1.165, 1.54) is 25.2 Å². The van der Waals surface area contributed by atoms with Crippen molar-refractivity contribution in [2.24, 2.45) is 0 Å². The van der Waals surface area contributed by atoms with Crippen molar-refractivity contribution in [1.29, 1.82) is 0 Å². The average Bonchev–Trinajstić information content (AvgIpc) is 2.75. The van der Waals surface area contributed by atoms with E-state index in [1.807, 2.05) is 6.20 Å². The fraction of sp³-hybridized carbons (Fsp3) is 0.750. The first-order valence-electron chi connectivity index (χ1n) is 6.30. The SMILES string of the molecule is CC1CC(N2CCn3ccnc3C2)CCN1. The summed E-state index contributed by atoms with van der Waals surface area (Å²) in [5.41, 5.74) is 0. The number of piperidine rings is 1. The van der Waals surface area contributed by atoms with Crippen LogP contribution in [0.15, 0.2) is 12.4 Å². The van der Waals surface area contributed by atoms with Crippen LogP contribution in [0, 0.1) is 0 Å². The van der Waals surface area contributed by atoms with Crippen molar-refractivity contribution in [3.05, 3.63) is 18.2 Å². The Morgan fingerprint density at radius 3 is 3.25 bits per heavy atom. The Hall–Kier alpha value is -0.870. The van der Waals surface area contributed by atoms with Crippen LogP contribution in [-0.4, -0.2) is 39.6 Å². The monoisotopic (exact) mass is 220 g/mol. The minimum atomic E-state index is 0.667. The summed E-state index contributed by atoms with van der Waals surface area (Å²) in [6.45, 7) is 6.77. The summed E-state index contributed by atoms with van der Waals surface area (Å²) >= 11 is 0. The molecule has 2 unspecified atom stereocenters. The van der Waals surface area contributed by atoms with E-state index < -0.39 is 0 Å². The number of fused-ring (bicyclic) bond motifs is 1. The van der Waals surface area contributed by atoms with Gasteiger partial charge in [-0.1, -0.05) is 0 Å². The first-order valence-corrected chi connectivity index (χ1v) is 6.30. The molecular weight excluding hydrogens is 200 g/mol. The minimum Gasteiger partial charge on any atom is -0.333 e. The molecule has 0 amide bonds. The predicted molar refractivity (Wildman–Crippen MR) is 63.1 cm³/mol. The summed E-state index contributed by atoms with van der Waals surface area (Å²) in [5.74, 6) is 1.23. The molecule has 2 aliphatic rings. The second kappa shape index (κ2) is 4.18. The molecule has 0 saturated carbocycles. The van der Waals surface area contributed by atoms with Gasteiger partial charge < -0.3 is 9.88 Å². The van der Waals surface area contributed by atoms with Crippen LogP contribution in [0.4, 0.5) is 0 Å². The Morgan fingerprint density at radius 1 is 1.44 bits per heavy atom. The van der Waals surface area contributed by atoms with Gasteiger partial charge in [-0.15, -0.1) is 0 Å². The Balaban J connectivity index is 1.68. The van der Waals surface area contributed by atoms with Gasteiger partial charge in [0.1, 0.15) is 5.82 Å². The third kappa shape index (κ3) is 1.87. The molecule has 4 nitrogen and oxygen atoms in total. The highest BCUT2D eigenvalue weighted by Gasteiger charge is 2.27. The van der Waals surface area contributed by atoms with Crippen LogP contribution in [0.5, 0.6) is 0 Å². The van der Waals surface area contributed by atoms with Crippen molar-refractivity contribution in [3.63, 3.8) is 0 Å². The van der Waals surface area contributed by atoms with Gasteiger partial charge in [0.15, 0.2) is 0 Å². The van der Waals surface area contributed by atoms with E-state index in [9.17, 15) is 0 Å². The van der Waals surface area contributed by atoms with Crippen molar-refractivity contribution >= 4 is 0 Å². The molecule has 2 atom stereocenters. The van der Waals surface area contributed by atoms with Crippen LogP contribution in [0.2, 0.25) is 0 Å². The van der Waals surface area contributed by atoms with Crippen LogP contribution in [-0.2, 0) is 13.1 Å². The van der Waals surface area contributed by atoms with Gasteiger partial charge in [-0.05, 0) is 26.3 Å². The number of nitrogens with one attached hydrogen (secondary N) is 1. The standard InChI is InChI=1S/C12H20N4/c1-10-8-11(2-3-13-10)16-7-6-15-5-4-14-12(15)9-16/h4-5,10-11,13H,2-3,6-9H2,1H3. The molecule has 4 heteroatoms. The maximum absolute atomic E-state index is 4.43. The zero-order chi connectivity index (χ0) is 11.0. The molecular formula is C12H20N4. The summed E-state index contributed by atoms with van der Waals surface area (Å²) in [4.78, 5) is 7.04. The molecule has 0 aromatic carbocycles. The molecule has 0 bridgehead atoms. The number of hydrogen-bond donors (Lipinski definition) is 1. The molecule has 0 radical (unpaired) electrons. The van der Waals surface area contributed by atoms with Crippen molar-refractivity contribution in [2.45, 2.75) is 44.9 Å². The van der Waals surface area contributed by atoms with Gasteiger partial charge >= 0.3 is 0 Å². The molecule has 3 rings (SSSR count). The lowest BCUT2D eigenvalue weighted by Gasteiger charge is -2.39. The summed E-state index contributed by atoms with van der Waals surface area (Å²) in [6, 6.07) is 1.42. The molecule has 1 fully saturated rings. The predicted octanol–water partition coefficient (Wildman–Crippen LogP) is 0.839. The Kier molecular flexibility index (Phi) is 2.69. The van der Waals surface area contributed by atoms with Gasteiger partial charge in [0.25, 0.3) is 0 Å². The lowest BCUT2D eigenvalue weighted by Crippen LogP contribution is -2.49. The zero-order valence-electron chi connectivity index (χ0n) is 9.89. The van der Waals surface area contributed by atoms with E-state index in [1.54, 1.807) is 0 Å². The first-order chi connectivity index (χ1) is 7.83. The molecule has 0 spiro atoms. The maximum atomic E-state index is 4.43. The second-order valence-electron chi connectivity index (χ2n) is 5.04. The highest BCUT2D eigenvalue weighted by molar-refractivity contribution is 4.97. The van der Waals surface area contributed by atoms with E-state index in [0.29, 0.717) is 6.04 Å². The fourth-order valence-electron chi connectivity index (χ4n) is 2.94. The van der Waals surface area contributed by atoms with E-state index in [0.717, 1.165) is 25.7 Å². The first kappa shape index (κ1) is 10.3. The molecule has 1 saturated heterocycles. The van der Waals surface area contributed by atoms with Crippen LogP contribution < -0.4 is 5.32 Å². The fourth-order valence-corrected chi connectivity index (χ4v) is 2.94. The average molecular weight is 220 g/mol. The molecule has 2 aliphatic heterocycles. The van der Waals surface area contributed by atoms with Crippen molar-refractivity contribution in [3.8, 4) is 0 Å². The van der Waals surface area contributed by atoms with Crippen LogP contribution in [0.1, 0.15) is 25.6 Å². The van der Waals surface area contributed by atoms with Crippen molar-refractivity contribution < 1.29 is 0 Å². The quantitative estimate of drug-likeness (QED) is 0.761. The number of rotatable bonds is 1. The number of imidazole rings is 1. The van der Waals surface area contributed by atoms with E-state index >= 15 is 0 Å². The maximum Gasteiger partial charge on any atom is 0.122 e. The lowest BCUT2D eigenvalue weighted by molar-refractivity contribution is 0.114. The lowest BCUT2D eigenvalue weighted by atomic mass is 9.98. The largest absolute Gasteiger partial charge is 0.333 e. The highest BCUT2D eigenvalue weighted by atomic mass is 15.3. The topological polar surface area (TPSA) is 33.1 Å². The van der Waals surface area contributed by atoms with E-state index in [2.05, 4.69) is 32.9 Å². The highest BCUT2D eigenvalue weighted by Crippen LogP contribution is 2.20. The molecule has 88 valence electrons. The van der Waals surface area contributed by atoms with Crippen LogP contribution >= 0.6 is 0 Å². The molecule has 1 N–H and O–H groups in total. The summed E-state index contributed by atoms with van der Waals surface area (Å²) in [7, 11) is 0. The van der Waals surface area contributed by atoms with Crippen LogP contribution in [0.3, 0.4) is 0 Å². The van der Waals surface area contributed by atoms with E-state index in [4.69, 9.17) is 0 Å². The minimum absolute atomic E-state index is 0.667. The van der Waals surface area contributed by atoms with Gasteiger partial charge in [0.05, 0.1) is 6.54 Å². The number of aromatic nitrogens is 2. The Labute approximate surface area is 96.7 Å². The molecule has 3 heterocycles. The third-order valence-corrected chi connectivity index (χ3v) is 3.89. The summed E-state index contributed by atoms with van der Waals surface area (Å²) in [5, 5.41) is 3.52. The molecule has 1 aromatic heterocycles. The molecule has 1 aromatic rings. The normalized spacial score (nSPS) is 31.3. The van der Waals surface area contributed by atoms with E-state index in [-0.39, 0.29) is 0 Å². The van der Waals surface area contributed by atoms with Gasteiger partial charge in [0, 0.05) is 37.6 Å². The van der Waals surface area contributed by atoms with Gasteiger partial charge in [0.2, 0.25) is 0 Å². The van der Waals surface area contributed by atoms with Crippen LogP contribution in [0.25, 0.3) is 0 Å².